The number of carbonyl (C=O) groups is 2. The fraction of sp³-hybridized carbons (Fsp3) is 0.0435. The normalized spacial score (nSPS) is 11.6. The molecular weight excluding hydrogens is 411 g/mol. The molecule has 31 heavy (non-hydrogen) atoms. The Bertz CT molecular complexity index is 1120. The van der Waals surface area contributed by atoms with Gasteiger partial charge in [-0.15, -0.1) is 0 Å². The lowest BCUT2D eigenvalue weighted by Crippen LogP contribution is -2.27. The summed E-state index contributed by atoms with van der Waals surface area (Å²) in [6.45, 7) is 0. The molecule has 0 unspecified atom stereocenters. The predicted octanol–water partition coefficient (Wildman–Crippen LogP) is 5.35. The standard InChI is InChI=1S/C23H16F3NO4/c24-23(25,26)17-9-5-11-19(14-17)31-18-10-4-6-15(12-18)13-20(22(29)30)27-21(28)16-7-2-1-3-8-16/h1-14H,(H,27,28)(H,29,30). The van der Waals surface area contributed by atoms with Gasteiger partial charge in [-0.1, -0.05) is 36.4 Å². The van der Waals surface area contributed by atoms with E-state index in [9.17, 15) is 27.9 Å². The van der Waals surface area contributed by atoms with Crippen molar-refractivity contribution in [2.75, 3.05) is 0 Å². The fourth-order valence-corrected chi connectivity index (χ4v) is 2.64. The maximum absolute atomic E-state index is 12.9. The second-order valence-corrected chi connectivity index (χ2v) is 6.38. The lowest BCUT2D eigenvalue weighted by molar-refractivity contribution is -0.137. The minimum absolute atomic E-state index is 0.0215. The van der Waals surface area contributed by atoms with Crippen molar-refractivity contribution in [2.24, 2.45) is 0 Å². The van der Waals surface area contributed by atoms with Crippen LogP contribution in [0.3, 0.4) is 0 Å². The number of hydrogen-bond acceptors (Lipinski definition) is 3. The van der Waals surface area contributed by atoms with Crippen LogP contribution in [0.2, 0.25) is 0 Å². The molecule has 5 nitrogen and oxygen atoms in total. The number of rotatable bonds is 6. The van der Waals surface area contributed by atoms with Crippen molar-refractivity contribution in [1.82, 2.24) is 5.32 Å². The maximum atomic E-state index is 12.9. The SMILES string of the molecule is O=C(O)C(=Cc1cccc(Oc2cccc(C(F)(F)F)c2)c1)NC(=O)c1ccccc1. The number of benzene rings is 3. The van der Waals surface area contributed by atoms with Gasteiger partial charge in [0.1, 0.15) is 17.2 Å². The molecule has 0 heterocycles. The maximum Gasteiger partial charge on any atom is 0.416 e. The van der Waals surface area contributed by atoms with Gasteiger partial charge in [-0.3, -0.25) is 4.79 Å². The van der Waals surface area contributed by atoms with E-state index < -0.39 is 23.6 Å². The molecule has 0 saturated heterocycles. The van der Waals surface area contributed by atoms with Crippen molar-refractivity contribution in [1.29, 1.82) is 0 Å². The van der Waals surface area contributed by atoms with Crippen LogP contribution in [0.1, 0.15) is 21.5 Å². The number of carboxylic acid groups (broad SMARTS) is 1. The largest absolute Gasteiger partial charge is 0.477 e. The van der Waals surface area contributed by atoms with E-state index in [-0.39, 0.29) is 22.8 Å². The Labute approximate surface area is 175 Å². The average molecular weight is 427 g/mol. The Morgan fingerprint density at radius 2 is 1.52 bits per heavy atom. The van der Waals surface area contributed by atoms with Crippen molar-refractivity contribution >= 4 is 18.0 Å². The quantitative estimate of drug-likeness (QED) is 0.520. The minimum atomic E-state index is -4.50. The summed E-state index contributed by atoms with van der Waals surface area (Å²) >= 11 is 0. The summed E-state index contributed by atoms with van der Waals surface area (Å²) in [6.07, 6.45) is -3.28. The van der Waals surface area contributed by atoms with E-state index in [0.717, 1.165) is 12.1 Å². The first-order valence-corrected chi connectivity index (χ1v) is 8.99. The molecule has 3 aromatic carbocycles. The zero-order valence-corrected chi connectivity index (χ0v) is 15.9. The molecule has 3 rings (SSSR count). The van der Waals surface area contributed by atoms with E-state index in [2.05, 4.69) is 5.32 Å². The van der Waals surface area contributed by atoms with Crippen molar-refractivity contribution < 1.29 is 32.6 Å². The van der Waals surface area contributed by atoms with E-state index in [1.165, 1.54) is 30.3 Å². The third-order valence-corrected chi connectivity index (χ3v) is 4.08. The Morgan fingerprint density at radius 3 is 2.16 bits per heavy atom. The monoisotopic (exact) mass is 427 g/mol. The zero-order valence-electron chi connectivity index (χ0n) is 15.9. The summed E-state index contributed by atoms with van der Waals surface area (Å²) in [5.74, 6) is -1.77. The third kappa shape index (κ3) is 5.96. The topological polar surface area (TPSA) is 75.6 Å². The van der Waals surface area contributed by atoms with Gasteiger partial charge in [-0.05, 0) is 54.1 Å². The van der Waals surface area contributed by atoms with Gasteiger partial charge in [0, 0.05) is 5.56 Å². The van der Waals surface area contributed by atoms with Crippen LogP contribution in [-0.4, -0.2) is 17.0 Å². The Hall–Kier alpha value is -4.07. The zero-order chi connectivity index (χ0) is 22.4. The molecule has 8 heteroatoms. The third-order valence-electron chi connectivity index (χ3n) is 4.08. The van der Waals surface area contributed by atoms with Gasteiger partial charge in [-0.25, -0.2) is 4.79 Å². The molecule has 158 valence electrons. The molecular formula is C23H16F3NO4. The summed E-state index contributed by atoms with van der Waals surface area (Å²) in [4.78, 5) is 23.8. The van der Waals surface area contributed by atoms with Gasteiger partial charge < -0.3 is 15.2 Å². The van der Waals surface area contributed by atoms with Gasteiger partial charge in [0.05, 0.1) is 5.56 Å². The van der Waals surface area contributed by atoms with Crippen LogP contribution in [0.25, 0.3) is 6.08 Å². The second-order valence-electron chi connectivity index (χ2n) is 6.38. The van der Waals surface area contributed by atoms with E-state index in [4.69, 9.17) is 4.74 Å². The lowest BCUT2D eigenvalue weighted by atomic mass is 10.1. The van der Waals surface area contributed by atoms with Crippen LogP contribution in [0.15, 0.2) is 84.6 Å². The summed E-state index contributed by atoms with van der Waals surface area (Å²) in [6, 6.07) is 18.6. The number of halogens is 3. The van der Waals surface area contributed by atoms with Crippen LogP contribution in [-0.2, 0) is 11.0 Å². The van der Waals surface area contributed by atoms with E-state index in [1.807, 2.05) is 0 Å². The van der Waals surface area contributed by atoms with Gasteiger partial charge >= 0.3 is 12.1 Å². The van der Waals surface area contributed by atoms with Crippen LogP contribution in [0.5, 0.6) is 11.5 Å². The molecule has 0 aliphatic carbocycles. The van der Waals surface area contributed by atoms with E-state index >= 15 is 0 Å². The number of amides is 1. The van der Waals surface area contributed by atoms with E-state index in [0.29, 0.717) is 5.56 Å². The van der Waals surface area contributed by atoms with Crippen LogP contribution >= 0.6 is 0 Å². The first-order chi connectivity index (χ1) is 14.7. The molecule has 0 aliphatic heterocycles. The number of hydrogen-bond donors (Lipinski definition) is 2. The molecule has 2 N–H and O–H groups in total. The second kappa shape index (κ2) is 9.17. The minimum Gasteiger partial charge on any atom is -0.477 e. The summed E-state index contributed by atoms with van der Waals surface area (Å²) in [7, 11) is 0. The number of nitrogens with one attached hydrogen (secondary N) is 1. The number of aliphatic carboxylic acids is 1. The van der Waals surface area contributed by atoms with Gasteiger partial charge in [0.2, 0.25) is 0 Å². The smallest absolute Gasteiger partial charge is 0.416 e. The molecule has 0 radical (unpaired) electrons. The van der Waals surface area contributed by atoms with Crippen LogP contribution < -0.4 is 10.1 Å². The summed E-state index contributed by atoms with van der Waals surface area (Å²) in [5.41, 5.74) is -0.561. The lowest BCUT2D eigenvalue weighted by Gasteiger charge is -2.11. The Morgan fingerprint density at radius 1 is 0.871 bits per heavy atom. The van der Waals surface area contributed by atoms with Gasteiger partial charge in [0.25, 0.3) is 5.91 Å². The highest BCUT2D eigenvalue weighted by Crippen LogP contribution is 2.32. The molecule has 0 saturated carbocycles. The van der Waals surface area contributed by atoms with Crippen molar-refractivity contribution in [3.8, 4) is 11.5 Å². The number of carboxylic acids is 1. The molecule has 3 aromatic rings. The number of alkyl halides is 3. The van der Waals surface area contributed by atoms with Crippen molar-refractivity contribution in [2.45, 2.75) is 6.18 Å². The fourth-order valence-electron chi connectivity index (χ4n) is 2.64. The molecule has 1 amide bonds. The number of carbonyl (C=O) groups excluding carboxylic acids is 1. The van der Waals surface area contributed by atoms with Gasteiger partial charge in [0.15, 0.2) is 0 Å². The summed E-state index contributed by atoms with van der Waals surface area (Å²) < 4.78 is 44.1. The molecule has 0 aliphatic rings. The van der Waals surface area contributed by atoms with Crippen LogP contribution in [0, 0.1) is 0 Å². The van der Waals surface area contributed by atoms with E-state index in [1.54, 1.807) is 42.5 Å². The highest BCUT2D eigenvalue weighted by molar-refractivity contribution is 6.02. The molecule has 0 fully saturated rings. The molecule has 0 atom stereocenters. The predicted molar refractivity (Wildman–Crippen MR) is 107 cm³/mol. The van der Waals surface area contributed by atoms with Crippen LogP contribution in [0.4, 0.5) is 13.2 Å². The molecule has 0 bridgehead atoms. The highest BCUT2D eigenvalue weighted by atomic mass is 19.4. The first kappa shape index (κ1) is 21.6. The Balaban J connectivity index is 1.81. The first-order valence-electron chi connectivity index (χ1n) is 8.99. The molecule has 0 aromatic heterocycles. The summed E-state index contributed by atoms with van der Waals surface area (Å²) in [5, 5.41) is 11.8. The Kier molecular flexibility index (Phi) is 6.40. The van der Waals surface area contributed by atoms with Crippen molar-refractivity contribution in [3.05, 3.63) is 101 Å². The van der Waals surface area contributed by atoms with Gasteiger partial charge in [-0.2, -0.15) is 13.2 Å². The molecule has 0 spiro atoms. The van der Waals surface area contributed by atoms with Crippen molar-refractivity contribution in [3.63, 3.8) is 0 Å². The highest BCUT2D eigenvalue weighted by Gasteiger charge is 2.30. The average Bonchev–Trinajstić information content (AvgIpc) is 2.73. The number of ether oxygens (including phenoxy) is 1.